The van der Waals surface area contributed by atoms with Crippen molar-refractivity contribution in [2.75, 3.05) is 0 Å². The molecule has 3 heterocycles. The van der Waals surface area contributed by atoms with Crippen molar-refractivity contribution in [3.8, 4) is 11.3 Å². The van der Waals surface area contributed by atoms with Crippen LogP contribution in [0.15, 0.2) is 84.5 Å². The molecule has 0 atom stereocenters. The molecule has 0 bridgehead atoms. The molecule has 0 spiro atoms. The van der Waals surface area contributed by atoms with Gasteiger partial charge in [-0.15, -0.1) is 0 Å². The van der Waals surface area contributed by atoms with Crippen LogP contribution in [-0.2, 0) is 0 Å². The second-order valence-corrected chi connectivity index (χ2v) is 5.79. The molecule has 27 heavy (non-hydrogen) atoms. The molecule has 1 N–H and O–H groups in total. The van der Waals surface area contributed by atoms with E-state index in [4.69, 9.17) is 0 Å². The summed E-state index contributed by atoms with van der Waals surface area (Å²) >= 11 is 0. The first-order chi connectivity index (χ1) is 13.3. The van der Waals surface area contributed by atoms with E-state index in [9.17, 15) is 4.79 Å². The minimum Gasteiger partial charge on any atom is -0.267 e. The van der Waals surface area contributed by atoms with Gasteiger partial charge in [0.2, 0.25) is 0 Å². The van der Waals surface area contributed by atoms with Crippen molar-refractivity contribution in [3.05, 3.63) is 90.5 Å². The van der Waals surface area contributed by atoms with Crippen LogP contribution in [0.25, 0.3) is 22.2 Å². The van der Waals surface area contributed by atoms with Gasteiger partial charge in [0.1, 0.15) is 0 Å². The highest BCUT2D eigenvalue weighted by Gasteiger charge is 2.13. The van der Waals surface area contributed by atoms with E-state index in [1.54, 1.807) is 49.2 Å². The fourth-order valence-electron chi connectivity index (χ4n) is 2.71. The number of pyridine rings is 3. The summed E-state index contributed by atoms with van der Waals surface area (Å²) in [6.07, 6.45) is 8.31. The van der Waals surface area contributed by atoms with E-state index >= 15 is 0 Å². The third-order valence-electron chi connectivity index (χ3n) is 4.02. The molecular formula is C21H15N5O. The first-order valence-electron chi connectivity index (χ1n) is 8.35. The molecule has 0 saturated carbocycles. The SMILES string of the molecule is O=C(NN=Cc1ccncc1)c1cc(-c2ccncc2)nc2ccccc12. The largest absolute Gasteiger partial charge is 0.272 e. The number of nitrogens with one attached hydrogen (secondary N) is 1. The number of hydrogen-bond donors (Lipinski definition) is 1. The van der Waals surface area contributed by atoms with Gasteiger partial charge in [0.05, 0.1) is 23.0 Å². The number of para-hydroxylation sites is 1. The maximum Gasteiger partial charge on any atom is 0.272 e. The third-order valence-corrected chi connectivity index (χ3v) is 4.02. The lowest BCUT2D eigenvalue weighted by Gasteiger charge is -2.08. The van der Waals surface area contributed by atoms with Crippen LogP contribution in [0.3, 0.4) is 0 Å². The lowest BCUT2D eigenvalue weighted by atomic mass is 10.0. The number of benzene rings is 1. The molecule has 6 nitrogen and oxygen atoms in total. The number of nitrogens with zero attached hydrogens (tertiary/aromatic N) is 4. The van der Waals surface area contributed by atoms with E-state index in [1.807, 2.05) is 36.4 Å². The Morgan fingerprint density at radius 2 is 1.63 bits per heavy atom. The van der Waals surface area contributed by atoms with Gasteiger partial charge in [-0.2, -0.15) is 5.10 Å². The van der Waals surface area contributed by atoms with Crippen molar-refractivity contribution in [2.24, 2.45) is 5.10 Å². The predicted molar refractivity (Wildman–Crippen MR) is 104 cm³/mol. The summed E-state index contributed by atoms with van der Waals surface area (Å²) in [4.78, 5) is 25.4. The Hall–Kier alpha value is -3.93. The van der Waals surface area contributed by atoms with E-state index in [2.05, 4.69) is 25.5 Å². The zero-order valence-corrected chi connectivity index (χ0v) is 14.3. The first-order valence-corrected chi connectivity index (χ1v) is 8.35. The first kappa shape index (κ1) is 16.5. The summed E-state index contributed by atoms with van der Waals surface area (Å²) in [6, 6.07) is 16.6. The highest BCUT2D eigenvalue weighted by molar-refractivity contribution is 6.07. The number of carbonyl (C=O) groups excluding carboxylic acids is 1. The van der Waals surface area contributed by atoms with E-state index in [0.29, 0.717) is 11.3 Å². The molecular weight excluding hydrogens is 338 g/mol. The minimum absolute atomic E-state index is 0.297. The van der Waals surface area contributed by atoms with Crippen molar-refractivity contribution < 1.29 is 4.79 Å². The molecule has 4 aromatic rings. The summed E-state index contributed by atoms with van der Waals surface area (Å²) < 4.78 is 0. The van der Waals surface area contributed by atoms with Gasteiger partial charge < -0.3 is 0 Å². The predicted octanol–water partition coefficient (Wildman–Crippen LogP) is 3.46. The van der Waals surface area contributed by atoms with Crippen LogP contribution in [0.2, 0.25) is 0 Å². The Balaban J connectivity index is 1.69. The molecule has 6 heteroatoms. The normalized spacial score (nSPS) is 11.0. The average Bonchev–Trinajstić information content (AvgIpc) is 2.74. The molecule has 3 aromatic heterocycles. The smallest absolute Gasteiger partial charge is 0.267 e. The van der Waals surface area contributed by atoms with E-state index < -0.39 is 0 Å². The Kier molecular flexibility index (Phi) is 4.61. The van der Waals surface area contributed by atoms with Gasteiger partial charge in [-0.25, -0.2) is 10.4 Å². The lowest BCUT2D eigenvalue weighted by molar-refractivity contribution is 0.0957. The Morgan fingerprint density at radius 1 is 0.926 bits per heavy atom. The summed E-state index contributed by atoms with van der Waals surface area (Å²) in [5.74, 6) is -0.297. The molecule has 1 amide bonds. The molecule has 0 radical (unpaired) electrons. The standard InChI is InChI=1S/C21H15N5O/c27-21(26-24-14-15-5-9-22-10-6-15)18-13-20(16-7-11-23-12-8-16)25-19-4-2-1-3-17(18)19/h1-14H,(H,26,27). The van der Waals surface area contributed by atoms with Crippen molar-refractivity contribution in [3.63, 3.8) is 0 Å². The van der Waals surface area contributed by atoms with E-state index in [0.717, 1.165) is 22.0 Å². The van der Waals surface area contributed by atoms with Crippen molar-refractivity contribution in [2.45, 2.75) is 0 Å². The number of aromatic nitrogens is 3. The Morgan fingerprint density at radius 3 is 2.41 bits per heavy atom. The molecule has 130 valence electrons. The number of hydrogen-bond acceptors (Lipinski definition) is 5. The summed E-state index contributed by atoms with van der Waals surface area (Å²) in [7, 11) is 0. The minimum atomic E-state index is -0.297. The van der Waals surface area contributed by atoms with Crippen LogP contribution in [-0.4, -0.2) is 27.1 Å². The second-order valence-electron chi connectivity index (χ2n) is 5.79. The van der Waals surface area contributed by atoms with Gasteiger partial charge in [-0.1, -0.05) is 18.2 Å². The van der Waals surface area contributed by atoms with Gasteiger partial charge in [-0.05, 0) is 42.0 Å². The number of amides is 1. The maximum atomic E-state index is 12.8. The number of hydrazone groups is 1. The molecule has 0 saturated heterocycles. The maximum absolute atomic E-state index is 12.8. The fraction of sp³-hybridized carbons (Fsp3) is 0. The van der Waals surface area contributed by atoms with Crippen molar-refractivity contribution in [1.82, 2.24) is 20.4 Å². The number of rotatable bonds is 4. The van der Waals surface area contributed by atoms with Gasteiger partial charge in [0.15, 0.2) is 0 Å². The average molecular weight is 353 g/mol. The van der Waals surface area contributed by atoms with Crippen LogP contribution in [0, 0.1) is 0 Å². The van der Waals surface area contributed by atoms with Gasteiger partial charge in [-0.3, -0.25) is 14.8 Å². The topological polar surface area (TPSA) is 80.1 Å². The van der Waals surface area contributed by atoms with Crippen LogP contribution in [0.4, 0.5) is 0 Å². The van der Waals surface area contributed by atoms with Gasteiger partial charge in [0.25, 0.3) is 5.91 Å². The van der Waals surface area contributed by atoms with Crippen LogP contribution >= 0.6 is 0 Å². The van der Waals surface area contributed by atoms with E-state index in [1.165, 1.54) is 0 Å². The fourth-order valence-corrected chi connectivity index (χ4v) is 2.71. The number of fused-ring (bicyclic) bond motifs is 1. The lowest BCUT2D eigenvalue weighted by Crippen LogP contribution is -2.18. The summed E-state index contributed by atoms with van der Waals surface area (Å²) in [6.45, 7) is 0. The quantitative estimate of drug-likeness (QED) is 0.450. The molecule has 0 aliphatic carbocycles. The van der Waals surface area contributed by atoms with Crippen LogP contribution < -0.4 is 5.43 Å². The Bertz CT molecular complexity index is 1110. The van der Waals surface area contributed by atoms with Crippen molar-refractivity contribution >= 4 is 23.0 Å². The van der Waals surface area contributed by atoms with E-state index in [-0.39, 0.29) is 5.91 Å². The molecule has 0 aliphatic heterocycles. The van der Waals surface area contributed by atoms with Crippen molar-refractivity contribution in [1.29, 1.82) is 0 Å². The monoisotopic (exact) mass is 353 g/mol. The third kappa shape index (κ3) is 3.69. The van der Waals surface area contributed by atoms with Crippen LogP contribution in [0.1, 0.15) is 15.9 Å². The molecule has 0 aliphatic rings. The molecule has 4 rings (SSSR count). The summed E-state index contributed by atoms with van der Waals surface area (Å²) in [5, 5.41) is 4.81. The second kappa shape index (κ2) is 7.53. The summed E-state index contributed by atoms with van der Waals surface area (Å²) in [5.41, 5.74) is 6.30. The van der Waals surface area contributed by atoms with Gasteiger partial charge >= 0.3 is 0 Å². The number of carbonyl (C=O) groups is 1. The Labute approximate surface area is 155 Å². The molecule has 0 fully saturated rings. The zero-order valence-electron chi connectivity index (χ0n) is 14.3. The van der Waals surface area contributed by atoms with Gasteiger partial charge in [0, 0.05) is 35.7 Å². The highest BCUT2D eigenvalue weighted by Crippen LogP contribution is 2.24. The van der Waals surface area contributed by atoms with Crippen LogP contribution in [0.5, 0.6) is 0 Å². The zero-order chi connectivity index (χ0) is 18.5. The molecule has 0 unspecified atom stereocenters. The highest BCUT2D eigenvalue weighted by atomic mass is 16.2. The molecule has 1 aromatic carbocycles.